The molecule has 1 fully saturated rings. The molecule has 0 unspecified atom stereocenters. The Morgan fingerprint density at radius 3 is 2.61 bits per heavy atom. The minimum Gasteiger partial charge on any atom is -0.503 e. The summed E-state index contributed by atoms with van der Waals surface area (Å²) in [4.78, 5) is 17.2. The minimum atomic E-state index is -1.05. The molecule has 1 aliphatic rings. The Kier molecular flexibility index (Phi) is 7.70. The first-order valence-corrected chi connectivity index (χ1v) is 10.5. The van der Waals surface area contributed by atoms with Crippen molar-refractivity contribution in [3.8, 4) is 5.75 Å². The third kappa shape index (κ3) is 5.87. The molecule has 0 saturated heterocycles. The Labute approximate surface area is 183 Å². The zero-order chi connectivity index (χ0) is 22.2. The first kappa shape index (κ1) is 22.4. The van der Waals surface area contributed by atoms with Gasteiger partial charge in [0.2, 0.25) is 0 Å². The van der Waals surface area contributed by atoms with Gasteiger partial charge in [0.05, 0.1) is 19.6 Å². The van der Waals surface area contributed by atoms with Gasteiger partial charge in [0.1, 0.15) is 24.0 Å². The first-order chi connectivity index (χ1) is 15.0. The minimum absolute atomic E-state index is 0.0865. The van der Waals surface area contributed by atoms with E-state index >= 15 is 0 Å². The van der Waals surface area contributed by atoms with E-state index in [0.717, 1.165) is 40.8 Å². The number of benzene rings is 2. The number of aliphatic carboxylic acids is 1. The average Bonchev–Trinajstić information content (AvgIpc) is 3.27. The molecule has 31 heavy (non-hydrogen) atoms. The normalized spacial score (nSPS) is 14.7. The number of rotatable bonds is 9. The number of carboxylic acid groups (broad SMARTS) is 1. The number of carboxylic acids is 1. The van der Waals surface area contributed by atoms with Crippen LogP contribution in [-0.2, 0) is 21.0 Å². The maximum absolute atomic E-state index is 11.6. The molecule has 0 heterocycles. The molecule has 0 amide bonds. The molecule has 0 bridgehead atoms. The Morgan fingerprint density at radius 1 is 1.16 bits per heavy atom. The smallest absolute Gasteiger partial charge is 0.339 e. The lowest BCUT2D eigenvalue weighted by molar-refractivity contribution is -0.130. The van der Waals surface area contributed by atoms with Crippen LogP contribution in [0.5, 0.6) is 5.75 Å². The molecule has 0 spiro atoms. The molecular weight excluding hydrogens is 394 g/mol. The summed E-state index contributed by atoms with van der Waals surface area (Å²) in [5.74, 6) is -0.307. The fourth-order valence-electron chi connectivity index (χ4n) is 3.69. The van der Waals surface area contributed by atoms with E-state index < -0.39 is 5.97 Å². The number of aryl methyl sites for hydroxylation is 2. The van der Waals surface area contributed by atoms with Crippen LogP contribution in [0.1, 0.15) is 53.5 Å². The van der Waals surface area contributed by atoms with Gasteiger partial charge in [0.25, 0.3) is 0 Å². The van der Waals surface area contributed by atoms with Gasteiger partial charge in [-0.2, -0.15) is 0 Å². The van der Waals surface area contributed by atoms with Gasteiger partial charge in [-0.25, -0.2) is 4.79 Å². The fourth-order valence-corrected chi connectivity index (χ4v) is 3.69. The van der Waals surface area contributed by atoms with E-state index in [0.29, 0.717) is 5.56 Å². The van der Waals surface area contributed by atoms with Crippen LogP contribution >= 0.6 is 0 Å². The lowest BCUT2D eigenvalue weighted by Gasteiger charge is -2.14. The summed E-state index contributed by atoms with van der Waals surface area (Å²) < 4.78 is 11.0. The Balaban J connectivity index is 1.73. The highest BCUT2D eigenvalue weighted by atomic mass is 16.6. The number of hydrogen-bond donors (Lipinski definition) is 1. The van der Waals surface area contributed by atoms with Crippen molar-refractivity contribution in [3.05, 3.63) is 70.5 Å². The summed E-state index contributed by atoms with van der Waals surface area (Å²) in [7, 11) is 1.43. The number of oxime groups is 1. The topological polar surface area (TPSA) is 77.4 Å². The third-order valence-corrected chi connectivity index (χ3v) is 5.42. The van der Waals surface area contributed by atoms with Crippen molar-refractivity contribution in [2.45, 2.75) is 52.2 Å². The lowest BCUT2D eigenvalue weighted by atomic mass is 10.0. The molecule has 6 nitrogen and oxygen atoms in total. The zero-order valence-electron chi connectivity index (χ0n) is 18.3. The molecule has 0 aromatic heterocycles. The summed E-state index contributed by atoms with van der Waals surface area (Å²) >= 11 is 0. The van der Waals surface area contributed by atoms with Crippen molar-refractivity contribution in [3.63, 3.8) is 0 Å². The Morgan fingerprint density at radius 2 is 1.90 bits per heavy atom. The van der Waals surface area contributed by atoms with Crippen LogP contribution in [0.4, 0.5) is 0 Å². The number of ether oxygens (including phenoxy) is 2. The van der Waals surface area contributed by atoms with E-state index in [1.165, 1.54) is 26.2 Å². The monoisotopic (exact) mass is 423 g/mol. The first-order valence-electron chi connectivity index (χ1n) is 10.5. The van der Waals surface area contributed by atoms with E-state index in [4.69, 9.17) is 14.3 Å². The summed E-state index contributed by atoms with van der Waals surface area (Å²) in [5.41, 5.74) is 4.40. The molecule has 164 valence electrons. The van der Waals surface area contributed by atoms with E-state index in [9.17, 15) is 9.90 Å². The van der Waals surface area contributed by atoms with Crippen LogP contribution in [0, 0.1) is 13.8 Å². The average molecular weight is 424 g/mol. The quantitative estimate of drug-likeness (QED) is 0.258. The highest BCUT2D eigenvalue weighted by Crippen LogP contribution is 2.26. The van der Waals surface area contributed by atoms with Gasteiger partial charge in [0.15, 0.2) is 0 Å². The van der Waals surface area contributed by atoms with Crippen LogP contribution in [0.15, 0.2) is 47.8 Å². The second-order valence-corrected chi connectivity index (χ2v) is 7.74. The maximum atomic E-state index is 11.6. The molecule has 1 aliphatic carbocycles. The Bertz CT molecular complexity index is 974. The van der Waals surface area contributed by atoms with Gasteiger partial charge in [-0.05, 0) is 79.5 Å². The van der Waals surface area contributed by atoms with Crippen LogP contribution in [-0.4, -0.2) is 30.5 Å². The number of carbonyl (C=O) groups is 1. The molecule has 0 aliphatic heterocycles. The van der Waals surface area contributed by atoms with Gasteiger partial charge in [-0.1, -0.05) is 29.4 Å². The van der Waals surface area contributed by atoms with E-state index in [1.807, 2.05) is 38.1 Å². The summed E-state index contributed by atoms with van der Waals surface area (Å²) in [6.45, 7) is 4.22. The van der Waals surface area contributed by atoms with Crippen LogP contribution < -0.4 is 4.74 Å². The zero-order valence-corrected chi connectivity index (χ0v) is 18.3. The van der Waals surface area contributed by atoms with Crippen LogP contribution in [0.2, 0.25) is 0 Å². The summed E-state index contributed by atoms with van der Waals surface area (Å²) in [6.07, 6.45) is 7.81. The van der Waals surface area contributed by atoms with Crippen LogP contribution in [0.25, 0.3) is 5.57 Å². The third-order valence-electron chi connectivity index (χ3n) is 5.42. The molecule has 2 aromatic carbocycles. The highest BCUT2D eigenvalue weighted by Gasteiger charge is 2.17. The van der Waals surface area contributed by atoms with Crippen molar-refractivity contribution in [1.82, 2.24) is 0 Å². The molecule has 2 aromatic rings. The fraction of sp³-hybridized carbons (Fsp3) is 0.360. The van der Waals surface area contributed by atoms with E-state index in [2.05, 4.69) is 5.16 Å². The van der Waals surface area contributed by atoms with Crippen LogP contribution in [0.3, 0.4) is 0 Å². The second kappa shape index (κ2) is 10.7. The highest BCUT2D eigenvalue weighted by molar-refractivity contribution is 6.15. The number of hydrogen-bond acceptors (Lipinski definition) is 5. The predicted molar refractivity (Wildman–Crippen MR) is 120 cm³/mol. The van der Waals surface area contributed by atoms with Gasteiger partial charge in [-0.3, -0.25) is 0 Å². The predicted octanol–water partition coefficient (Wildman–Crippen LogP) is 5.25. The van der Waals surface area contributed by atoms with Gasteiger partial charge in [0, 0.05) is 0 Å². The molecule has 0 atom stereocenters. The molecule has 1 saturated carbocycles. The summed E-state index contributed by atoms with van der Waals surface area (Å²) in [6, 6.07) is 11.2. The largest absolute Gasteiger partial charge is 0.503 e. The molecular formula is C25H29NO5. The maximum Gasteiger partial charge on any atom is 0.339 e. The SMILES string of the molecule is COC=C(C(=O)O)c1ccccc1COc1cc(C)c(C=NOC2CCCC2)cc1C. The summed E-state index contributed by atoms with van der Waals surface area (Å²) in [5, 5.41) is 13.7. The second-order valence-electron chi connectivity index (χ2n) is 7.74. The molecule has 1 N–H and O–H groups in total. The van der Waals surface area contributed by atoms with E-state index in [-0.39, 0.29) is 18.3 Å². The molecule has 0 radical (unpaired) electrons. The number of methoxy groups -OCH3 is 1. The van der Waals surface area contributed by atoms with Crippen molar-refractivity contribution in [2.24, 2.45) is 5.16 Å². The van der Waals surface area contributed by atoms with Gasteiger partial charge in [-0.15, -0.1) is 0 Å². The molecule has 6 heteroatoms. The van der Waals surface area contributed by atoms with Gasteiger partial charge >= 0.3 is 5.97 Å². The lowest BCUT2D eigenvalue weighted by Crippen LogP contribution is -2.06. The van der Waals surface area contributed by atoms with Crippen molar-refractivity contribution >= 4 is 17.8 Å². The van der Waals surface area contributed by atoms with Crippen molar-refractivity contribution in [1.29, 1.82) is 0 Å². The van der Waals surface area contributed by atoms with Crippen molar-refractivity contribution < 1.29 is 24.2 Å². The standard InChI is InChI=1S/C25H29NO5/c1-17-13-24(18(2)12-20(17)14-26-31-21-9-5-6-10-21)30-15-19-8-4-7-11-22(19)23(16-29-3)25(27)28/h4,7-8,11-14,16,21H,5-6,9-10,15H2,1-3H3,(H,27,28). The van der Waals surface area contributed by atoms with Crippen molar-refractivity contribution in [2.75, 3.05) is 7.11 Å². The molecule has 3 rings (SSSR count). The Hall–Kier alpha value is -3.28. The number of nitrogens with zero attached hydrogens (tertiary/aromatic N) is 1. The van der Waals surface area contributed by atoms with Gasteiger partial charge < -0.3 is 19.4 Å². The van der Waals surface area contributed by atoms with E-state index in [1.54, 1.807) is 18.3 Å².